The van der Waals surface area contributed by atoms with Crippen molar-refractivity contribution in [1.29, 1.82) is 0 Å². The number of hydrogen-bond acceptors (Lipinski definition) is 4. The van der Waals surface area contributed by atoms with Gasteiger partial charge in [0, 0.05) is 27.2 Å². The molecule has 7 rings (SSSR count). The lowest BCUT2D eigenvalue weighted by Gasteiger charge is -2.07. The summed E-state index contributed by atoms with van der Waals surface area (Å²) in [6, 6.07) is 29.3. The quantitative estimate of drug-likeness (QED) is 0.378. The van der Waals surface area contributed by atoms with Gasteiger partial charge in [0.25, 0.3) is 0 Å². The van der Waals surface area contributed by atoms with Crippen molar-refractivity contribution in [3.05, 3.63) is 97.6 Å². The van der Waals surface area contributed by atoms with E-state index in [0.717, 1.165) is 44.2 Å². The van der Waals surface area contributed by atoms with E-state index < -0.39 is 0 Å². The summed E-state index contributed by atoms with van der Waals surface area (Å²) in [5, 5.41) is 4.49. The van der Waals surface area contributed by atoms with Crippen LogP contribution < -0.4 is 0 Å². The number of pyridine rings is 1. The first-order chi connectivity index (χ1) is 15.9. The lowest BCUT2D eigenvalue weighted by Crippen LogP contribution is -2.02. The molecule has 0 atom stereocenters. The molecule has 3 aromatic carbocycles. The summed E-state index contributed by atoms with van der Waals surface area (Å²) in [5.74, 6) is 0.556. The second kappa shape index (κ2) is 6.46. The molecule has 4 aromatic heterocycles. The van der Waals surface area contributed by atoms with E-state index in [9.17, 15) is 0 Å². The van der Waals surface area contributed by atoms with Gasteiger partial charge >= 0.3 is 0 Å². The van der Waals surface area contributed by atoms with E-state index in [1.807, 2.05) is 16.7 Å². The van der Waals surface area contributed by atoms with Crippen molar-refractivity contribution in [3.8, 4) is 11.6 Å². The zero-order chi connectivity index (χ0) is 21.1. The number of benzene rings is 3. The van der Waals surface area contributed by atoms with Crippen LogP contribution in [-0.4, -0.2) is 29.1 Å². The molecule has 0 aliphatic carbocycles. The van der Waals surface area contributed by atoms with Crippen molar-refractivity contribution < 1.29 is 0 Å². The monoisotopic (exact) mass is 412 g/mol. The van der Waals surface area contributed by atoms with Gasteiger partial charge in [0.2, 0.25) is 5.95 Å². The molecule has 0 N–H and O–H groups in total. The molecule has 0 radical (unpaired) electrons. The Balaban J connectivity index is 1.71. The predicted octanol–water partition coefficient (Wildman–Crippen LogP) is 5.46. The number of fused-ring (bicyclic) bond motifs is 6. The first-order valence-corrected chi connectivity index (χ1v) is 10.4. The summed E-state index contributed by atoms with van der Waals surface area (Å²) in [7, 11) is 0. The third kappa shape index (κ3) is 2.29. The van der Waals surface area contributed by atoms with E-state index in [0.29, 0.717) is 5.95 Å². The average Bonchev–Trinajstić information content (AvgIpc) is 3.36. The second-order valence-corrected chi connectivity index (χ2v) is 7.71. The molecule has 6 heteroatoms. The molecule has 6 nitrogen and oxygen atoms in total. The van der Waals surface area contributed by atoms with Crippen LogP contribution in [0.15, 0.2) is 97.6 Å². The van der Waals surface area contributed by atoms with Crippen LogP contribution in [0.1, 0.15) is 0 Å². The zero-order valence-electron chi connectivity index (χ0n) is 16.9. The minimum Gasteiger partial charge on any atom is -0.294 e. The second-order valence-electron chi connectivity index (χ2n) is 7.71. The first kappa shape index (κ1) is 17.1. The normalized spacial score (nSPS) is 11.8. The van der Waals surface area contributed by atoms with E-state index in [1.165, 1.54) is 18.0 Å². The fraction of sp³-hybridized carbons (Fsp3) is 0. The van der Waals surface area contributed by atoms with Gasteiger partial charge < -0.3 is 0 Å². The van der Waals surface area contributed by atoms with Crippen LogP contribution in [-0.2, 0) is 0 Å². The van der Waals surface area contributed by atoms with Crippen molar-refractivity contribution in [2.45, 2.75) is 0 Å². The van der Waals surface area contributed by atoms with E-state index >= 15 is 0 Å². The maximum Gasteiger partial charge on any atom is 0.238 e. The number of aromatic nitrogens is 6. The Hall–Kier alpha value is -4.58. The van der Waals surface area contributed by atoms with Crippen LogP contribution in [0.3, 0.4) is 0 Å². The summed E-state index contributed by atoms with van der Waals surface area (Å²) < 4.78 is 4.23. The van der Waals surface area contributed by atoms with Gasteiger partial charge in [0.1, 0.15) is 18.3 Å². The lowest BCUT2D eigenvalue weighted by molar-refractivity contribution is 0.931. The fourth-order valence-electron chi connectivity index (χ4n) is 4.64. The van der Waals surface area contributed by atoms with Crippen LogP contribution >= 0.6 is 0 Å². The van der Waals surface area contributed by atoms with Crippen molar-refractivity contribution >= 4 is 43.9 Å². The van der Waals surface area contributed by atoms with Crippen molar-refractivity contribution in [2.75, 3.05) is 0 Å². The SMILES string of the molecule is c1ccc(-n2c3ccccc3c3cc4c5ccccc5n(-c5ncncn5)c4nc32)cc1. The van der Waals surface area contributed by atoms with Gasteiger partial charge in [-0.15, -0.1) is 0 Å². The lowest BCUT2D eigenvalue weighted by atomic mass is 10.1. The van der Waals surface area contributed by atoms with Gasteiger partial charge in [-0.25, -0.2) is 19.9 Å². The molecule has 0 saturated carbocycles. The Labute approximate surface area is 182 Å². The Bertz CT molecular complexity index is 1640. The van der Waals surface area contributed by atoms with Gasteiger partial charge in [-0.2, -0.15) is 0 Å². The molecule has 0 saturated heterocycles. The molecule has 0 bridgehead atoms. The highest BCUT2D eigenvalue weighted by molar-refractivity contribution is 6.16. The Kier molecular flexibility index (Phi) is 3.46. The van der Waals surface area contributed by atoms with Gasteiger partial charge in [-0.3, -0.25) is 9.13 Å². The van der Waals surface area contributed by atoms with Crippen LogP contribution in [0.4, 0.5) is 0 Å². The summed E-state index contributed by atoms with van der Waals surface area (Å²) >= 11 is 0. The highest BCUT2D eigenvalue weighted by Gasteiger charge is 2.20. The molecular weight excluding hydrogens is 396 g/mol. The standard InChI is InChI=1S/C26H16N6/c1-2-8-17(9-3-1)31-22-12-6-4-10-18(22)20-14-21-19-11-5-7-13-23(19)32(25(21)30-24(20)31)26-28-15-27-16-29-26/h1-16H. The molecule has 32 heavy (non-hydrogen) atoms. The van der Waals surface area contributed by atoms with E-state index in [-0.39, 0.29) is 0 Å². The maximum atomic E-state index is 5.23. The third-order valence-corrected chi connectivity index (χ3v) is 5.97. The average molecular weight is 412 g/mol. The first-order valence-electron chi connectivity index (χ1n) is 10.4. The summed E-state index contributed by atoms with van der Waals surface area (Å²) in [4.78, 5) is 18.1. The van der Waals surface area contributed by atoms with Gasteiger partial charge in [0.15, 0.2) is 5.65 Å². The minimum atomic E-state index is 0.556. The number of nitrogens with zero attached hydrogens (tertiary/aromatic N) is 6. The van der Waals surface area contributed by atoms with Gasteiger partial charge in [-0.1, -0.05) is 54.6 Å². The van der Waals surface area contributed by atoms with Crippen LogP contribution in [0, 0.1) is 0 Å². The highest BCUT2D eigenvalue weighted by Crippen LogP contribution is 2.36. The fourth-order valence-corrected chi connectivity index (χ4v) is 4.64. The van der Waals surface area contributed by atoms with Crippen LogP contribution in [0.2, 0.25) is 0 Å². The molecule has 0 fully saturated rings. The summed E-state index contributed by atoms with van der Waals surface area (Å²) in [6.45, 7) is 0. The largest absolute Gasteiger partial charge is 0.294 e. The van der Waals surface area contributed by atoms with E-state index in [4.69, 9.17) is 4.98 Å². The molecule has 0 aliphatic heterocycles. The molecular formula is C26H16N6. The highest BCUT2D eigenvalue weighted by atomic mass is 15.2. The Morgan fingerprint density at radius 3 is 1.78 bits per heavy atom. The van der Waals surface area contributed by atoms with Crippen molar-refractivity contribution in [1.82, 2.24) is 29.1 Å². The molecule has 150 valence electrons. The molecule has 7 aromatic rings. The molecule has 4 heterocycles. The van der Waals surface area contributed by atoms with Crippen molar-refractivity contribution in [3.63, 3.8) is 0 Å². The summed E-state index contributed by atoms with van der Waals surface area (Å²) in [6.07, 6.45) is 3.03. The molecule has 0 aliphatic rings. The summed E-state index contributed by atoms with van der Waals surface area (Å²) in [5.41, 5.74) is 4.95. The minimum absolute atomic E-state index is 0.556. The molecule has 0 amide bonds. The zero-order valence-corrected chi connectivity index (χ0v) is 16.9. The van der Waals surface area contributed by atoms with Crippen LogP contribution in [0.25, 0.3) is 55.5 Å². The number of rotatable bonds is 2. The smallest absolute Gasteiger partial charge is 0.238 e. The van der Waals surface area contributed by atoms with E-state index in [1.54, 1.807) is 0 Å². The Morgan fingerprint density at radius 2 is 1.09 bits per heavy atom. The van der Waals surface area contributed by atoms with Crippen molar-refractivity contribution in [2.24, 2.45) is 0 Å². The van der Waals surface area contributed by atoms with Gasteiger partial charge in [-0.05, 0) is 30.3 Å². The predicted molar refractivity (Wildman–Crippen MR) is 126 cm³/mol. The maximum absolute atomic E-state index is 5.23. The molecule has 0 unspecified atom stereocenters. The van der Waals surface area contributed by atoms with Gasteiger partial charge in [0.05, 0.1) is 11.0 Å². The Morgan fingerprint density at radius 1 is 0.531 bits per heavy atom. The third-order valence-electron chi connectivity index (χ3n) is 5.97. The number of hydrogen-bond donors (Lipinski definition) is 0. The van der Waals surface area contributed by atoms with Crippen LogP contribution in [0.5, 0.6) is 0 Å². The topological polar surface area (TPSA) is 61.4 Å². The number of para-hydroxylation sites is 3. The van der Waals surface area contributed by atoms with E-state index in [2.05, 4.69) is 92.3 Å². The molecule has 0 spiro atoms.